The molecule has 0 heterocycles. The Morgan fingerprint density at radius 2 is 1.33 bits per heavy atom. The van der Waals surface area contributed by atoms with E-state index in [1.54, 1.807) is 0 Å². The topological polar surface area (TPSA) is 60.9 Å². The lowest BCUT2D eigenvalue weighted by Gasteiger charge is -2.15. The fourth-order valence-electron chi connectivity index (χ4n) is 1.79. The van der Waals surface area contributed by atoms with Crippen molar-refractivity contribution in [2.24, 2.45) is 0 Å². The van der Waals surface area contributed by atoms with Gasteiger partial charge < -0.3 is 9.80 Å². The zero-order chi connectivity index (χ0) is 13.9. The largest absolute Gasteiger partial charge is 0.305 e. The van der Waals surface area contributed by atoms with Crippen molar-refractivity contribution in [3.8, 4) is 0 Å². The number of nitrogens with zero attached hydrogens (tertiary/aromatic N) is 2. The van der Waals surface area contributed by atoms with Crippen LogP contribution < -0.4 is 0 Å². The molecule has 1 aromatic carbocycles. The normalized spacial score (nSPS) is 12.4. The Kier molecular flexibility index (Phi) is 4.86. The van der Waals surface area contributed by atoms with E-state index < -0.39 is 10.1 Å². The van der Waals surface area contributed by atoms with E-state index >= 15 is 0 Å². The van der Waals surface area contributed by atoms with Crippen LogP contribution in [-0.2, 0) is 23.2 Å². The summed E-state index contributed by atoms with van der Waals surface area (Å²) in [7, 11) is 3.48. The van der Waals surface area contributed by atoms with Crippen molar-refractivity contribution < 1.29 is 13.0 Å². The maximum Gasteiger partial charge on any atom is 0.294 e. The molecule has 0 atom stereocenters. The second-order valence-corrected chi connectivity index (χ2v) is 6.36. The maximum absolute atomic E-state index is 11.2. The van der Waals surface area contributed by atoms with Crippen molar-refractivity contribution in [3.63, 3.8) is 0 Å². The molecule has 0 radical (unpaired) electrons. The minimum Gasteiger partial charge on any atom is -0.305 e. The molecular weight excluding hydrogens is 252 g/mol. The van der Waals surface area contributed by atoms with Crippen molar-refractivity contribution in [2.45, 2.75) is 18.0 Å². The standard InChI is InChI=1S/C12H20N2O3S/c1-13(2)8-10-5-11(9-14(3)4)7-12(6-10)18(15,16)17/h5-7H,8-9H2,1-4H3,(H,15,16,17). The predicted molar refractivity (Wildman–Crippen MR) is 71.0 cm³/mol. The first-order valence-electron chi connectivity index (χ1n) is 5.58. The second-order valence-electron chi connectivity index (χ2n) is 4.94. The fourth-order valence-corrected chi connectivity index (χ4v) is 2.39. The van der Waals surface area contributed by atoms with Gasteiger partial charge in [0.05, 0.1) is 4.90 Å². The van der Waals surface area contributed by atoms with Gasteiger partial charge in [-0.25, -0.2) is 0 Å². The number of rotatable bonds is 5. The molecule has 1 rings (SSSR count). The summed E-state index contributed by atoms with van der Waals surface area (Å²) in [6.45, 7) is 1.26. The van der Waals surface area contributed by atoms with Crippen LogP contribution >= 0.6 is 0 Å². The highest BCUT2D eigenvalue weighted by molar-refractivity contribution is 7.85. The number of hydrogen-bond donors (Lipinski definition) is 1. The van der Waals surface area contributed by atoms with Gasteiger partial charge in [-0.15, -0.1) is 0 Å². The number of hydrogen-bond acceptors (Lipinski definition) is 4. The second kappa shape index (κ2) is 5.79. The summed E-state index contributed by atoms with van der Waals surface area (Å²) in [6.07, 6.45) is 0. The van der Waals surface area contributed by atoms with Crippen molar-refractivity contribution >= 4 is 10.1 Å². The van der Waals surface area contributed by atoms with E-state index in [4.69, 9.17) is 4.55 Å². The van der Waals surface area contributed by atoms with Crippen LogP contribution in [0.15, 0.2) is 23.1 Å². The van der Waals surface area contributed by atoms with Crippen LogP contribution in [-0.4, -0.2) is 51.0 Å². The van der Waals surface area contributed by atoms with Crippen molar-refractivity contribution in [2.75, 3.05) is 28.2 Å². The van der Waals surface area contributed by atoms with E-state index in [0.29, 0.717) is 13.1 Å². The van der Waals surface area contributed by atoms with Crippen molar-refractivity contribution in [3.05, 3.63) is 29.3 Å². The smallest absolute Gasteiger partial charge is 0.294 e. The zero-order valence-corrected chi connectivity index (χ0v) is 12.0. The van der Waals surface area contributed by atoms with Gasteiger partial charge in [0, 0.05) is 13.1 Å². The third kappa shape index (κ3) is 4.73. The summed E-state index contributed by atoms with van der Waals surface area (Å²) < 4.78 is 31.6. The van der Waals surface area contributed by atoms with Gasteiger partial charge in [-0.05, 0) is 51.5 Å². The van der Waals surface area contributed by atoms with Gasteiger partial charge in [0.1, 0.15) is 0 Å². The Balaban J connectivity index is 3.20. The Hall–Kier alpha value is -0.950. The van der Waals surface area contributed by atoms with Crippen LogP contribution in [0.4, 0.5) is 0 Å². The monoisotopic (exact) mass is 272 g/mol. The molecular formula is C12H20N2O3S. The molecule has 1 N–H and O–H groups in total. The summed E-state index contributed by atoms with van der Waals surface area (Å²) in [5.74, 6) is 0. The van der Waals surface area contributed by atoms with E-state index in [1.807, 2.05) is 44.1 Å². The zero-order valence-electron chi connectivity index (χ0n) is 11.2. The Morgan fingerprint density at radius 1 is 0.944 bits per heavy atom. The van der Waals surface area contributed by atoms with Gasteiger partial charge in [-0.2, -0.15) is 8.42 Å². The quantitative estimate of drug-likeness (QED) is 0.812. The van der Waals surface area contributed by atoms with Crippen LogP contribution in [0, 0.1) is 0 Å². The predicted octanol–water partition coefficient (Wildman–Crippen LogP) is 1.06. The van der Waals surface area contributed by atoms with Crippen LogP contribution in [0.2, 0.25) is 0 Å². The Bertz CT molecular complexity index is 482. The van der Waals surface area contributed by atoms with Gasteiger partial charge in [0.15, 0.2) is 0 Å². The number of benzene rings is 1. The van der Waals surface area contributed by atoms with Gasteiger partial charge in [-0.1, -0.05) is 6.07 Å². The van der Waals surface area contributed by atoms with Gasteiger partial charge in [0.2, 0.25) is 0 Å². The summed E-state index contributed by atoms with van der Waals surface area (Å²) in [5, 5.41) is 0. The first kappa shape index (κ1) is 15.1. The molecule has 1 aromatic rings. The first-order chi connectivity index (χ1) is 8.18. The molecule has 0 aliphatic rings. The summed E-state index contributed by atoms with van der Waals surface area (Å²) in [4.78, 5) is 3.85. The lowest BCUT2D eigenvalue weighted by atomic mass is 10.1. The first-order valence-corrected chi connectivity index (χ1v) is 7.02. The van der Waals surface area contributed by atoms with Crippen LogP contribution in [0.1, 0.15) is 11.1 Å². The molecule has 0 aliphatic carbocycles. The lowest BCUT2D eigenvalue weighted by Crippen LogP contribution is -2.14. The van der Waals surface area contributed by atoms with Crippen LogP contribution in [0.5, 0.6) is 0 Å². The van der Waals surface area contributed by atoms with Crippen LogP contribution in [0.25, 0.3) is 0 Å². The van der Waals surface area contributed by atoms with Crippen LogP contribution in [0.3, 0.4) is 0 Å². The fraction of sp³-hybridized carbons (Fsp3) is 0.500. The molecule has 0 fully saturated rings. The molecule has 0 saturated carbocycles. The van der Waals surface area contributed by atoms with E-state index in [2.05, 4.69) is 0 Å². The molecule has 0 amide bonds. The van der Waals surface area contributed by atoms with Gasteiger partial charge >= 0.3 is 0 Å². The molecule has 0 saturated heterocycles. The molecule has 5 nitrogen and oxygen atoms in total. The molecule has 18 heavy (non-hydrogen) atoms. The molecule has 0 unspecified atom stereocenters. The molecule has 0 bridgehead atoms. The average molecular weight is 272 g/mol. The highest BCUT2D eigenvalue weighted by atomic mass is 32.2. The molecule has 0 aromatic heterocycles. The molecule has 102 valence electrons. The molecule has 6 heteroatoms. The van der Waals surface area contributed by atoms with E-state index in [0.717, 1.165) is 11.1 Å². The lowest BCUT2D eigenvalue weighted by molar-refractivity contribution is 0.394. The Morgan fingerprint density at radius 3 is 1.61 bits per heavy atom. The average Bonchev–Trinajstić information content (AvgIpc) is 2.13. The minimum absolute atomic E-state index is 0.0429. The Labute approximate surface area is 109 Å². The van der Waals surface area contributed by atoms with E-state index in [-0.39, 0.29) is 4.90 Å². The summed E-state index contributed by atoms with van der Waals surface area (Å²) in [5.41, 5.74) is 1.74. The molecule has 0 spiro atoms. The highest BCUT2D eigenvalue weighted by Crippen LogP contribution is 2.17. The van der Waals surface area contributed by atoms with E-state index in [1.165, 1.54) is 12.1 Å². The third-order valence-electron chi connectivity index (χ3n) is 2.32. The van der Waals surface area contributed by atoms with Gasteiger partial charge in [-0.3, -0.25) is 4.55 Å². The van der Waals surface area contributed by atoms with Gasteiger partial charge in [0.25, 0.3) is 10.1 Å². The summed E-state index contributed by atoms with van der Waals surface area (Å²) in [6, 6.07) is 4.97. The summed E-state index contributed by atoms with van der Waals surface area (Å²) >= 11 is 0. The van der Waals surface area contributed by atoms with Crippen molar-refractivity contribution in [1.29, 1.82) is 0 Å². The van der Waals surface area contributed by atoms with Crippen molar-refractivity contribution in [1.82, 2.24) is 9.80 Å². The van der Waals surface area contributed by atoms with E-state index in [9.17, 15) is 8.42 Å². The maximum atomic E-state index is 11.2. The minimum atomic E-state index is -4.16. The SMILES string of the molecule is CN(C)Cc1cc(CN(C)C)cc(S(=O)(=O)O)c1. The highest BCUT2D eigenvalue weighted by Gasteiger charge is 2.13. The third-order valence-corrected chi connectivity index (χ3v) is 3.15. The molecule has 0 aliphatic heterocycles.